The fourth-order valence-electron chi connectivity index (χ4n) is 4.55. The first-order valence-corrected chi connectivity index (χ1v) is 12.5. The van der Waals surface area contributed by atoms with Crippen molar-refractivity contribution in [1.82, 2.24) is 10.6 Å². The van der Waals surface area contributed by atoms with Crippen LogP contribution in [0.3, 0.4) is 0 Å². The van der Waals surface area contributed by atoms with Crippen molar-refractivity contribution in [3.05, 3.63) is 114 Å². The molecule has 6 nitrogen and oxygen atoms in total. The summed E-state index contributed by atoms with van der Waals surface area (Å²) in [6.45, 7) is 1.92. The zero-order valence-electron chi connectivity index (χ0n) is 21.7. The molecular formula is C32H27FN2O4. The van der Waals surface area contributed by atoms with Crippen LogP contribution >= 0.6 is 0 Å². The lowest BCUT2D eigenvalue weighted by molar-refractivity contribution is 0.0937. The van der Waals surface area contributed by atoms with E-state index in [0.717, 1.165) is 22.4 Å². The summed E-state index contributed by atoms with van der Waals surface area (Å²) in [5.41, 5.74) is 4.55. The number of nitrogens with one attached hydrogen (secondary N) is 2. The van der Waals surface area contributed by atoms with E-state index in [4.69, 9.17) is 9.15 Å². The molecule has 0 fully saturated rings. The van der Waals surface area contributed by atoms with Crippen LogP contribution in [0.5, 0.6) is 5.75 Å². The lowest BCUT2D eigenvalue weighted by Crippen LogP contribution is -2.26. The summed E-state index contributed by atoms with van der Waals surface area (Å²) in [7, 11) is 3.16. The number of carbonyl (C=O) groups is 2. The van der Waals surface area contributed by atoms with E-state index in [1.165, 1.54) is 12.1 Å². The molecule has 196 valence electrons. The second-order valence-corrected chi connectivity index (χ2v) is 9.16. The lowest BCUT2D eigenvalue weighted by Gasteiger charge is -2.15. The number of fused-ring (bicyclic) bond motifs is 1. The summed E-state index contributed by atoms with van der Waals surface area (Å²) in [6, 6.07) is 26.0. The Morgan fingerprint density at radius 3 is 2.31 bits per heavy atom. The summed E-state index contributed by atoms with van der Waals surface area (Å²) < 4.78 is 24.8. The van der Waals surface area contributed by atoms with Crippen molar-refractivity contribution in [2.24, 2.45) is 0 Å². The predicted molar refractivity (Wildman–Crippen MR) is 149 cm³/mol. The van der Waals surface area contributed by atoms with Gasteiger partial charge in [-0.1, -0.05) is 30.3 Å². The third-order valence-electron chi connectivity index (χ3n) is 6.65. The van der Waals surface area contributed by atoms with Gasteiger partial charge in [0.15, 0.2) is 0 Å². The first kappa shape index (κ1) is 25.7. The fraction of sp³-hybridized carbons (Fsp3) is 0.125. The zero-order valence-corrected chi connectivity index (χ0v) is 21.7. The van der Waals surface area contributed by atoms with Crippen LogP contribution in [-0.2, 0) is 0 Å². The number of benzene rings is 4. The Labute approximate surface area is 225 Å². The van der Waals surface area contributed by atoms with E-state index in [-0.39, 0.29) is 23.7 Å². The van der Waals surface area contributed by atoms with Gasteiger partial charge in [-0.15, -0.1) is 0 Å². The molecule has 0 saturated carbocycles. The van der Waals surface area contributed by atoms with Crippen molar-refractivity contribution in [3.63, 3.8) is 0 Å². The van der Waals surface area contributed by atoms with E-state index >= 15 is 0 Å². The van der Waals surface area contributed by atoms with Gasteiger partial charge in [0.1, 0.15) is 22.9 Å². The monoisotopic (exact) mass is 522 g/mol. The maximum atomic E-state index is 13.5. The molecule has 1 heterocycles. The minimum Gasteiger partial charge on any atom is -0.497 e. The van der Waals surface area contributed by atoms with Crippen molar-refractivity contribution < 1.29 is 23.1 Å². The van der Waals surface area contributed by atoms with E-state index in [1.54, 1.807) is 38.4 Å². The molecule has 0 aliphatic heterocycles. The number of rotatable bonds is 7. The van der Waals surface area contributed by atoms with Crippen LogP contribution in [0.4, 0.5) is 4.39 Å². The van der Waals surface area contributed by atoms with Gasteiger partial charge in [-0.25, -0.2) is 4.39 Å². The maximum absolute atomic E-state index is 13.5. The summed E-state index contributed by atoms with van der Waals surface area (Å²) in [6.07, 6.45) is 0. The van der Waals surface area contributed by atoms with Gasteiger partial charge in [-0.3, -0.25) is 9.59 Å². The molecule has 2 N–H and O–H groups in total. The molecule has 0 saturated heterocycles. The van der Waals surface area contributed by atoms with Gasteiger partial charge < -0.3 is 19.8 Å². The second-order valence-electron chi connectivity index (χ2n) is 9.16. The highest BCUT2D eigenvalue weighted by atomic mass is 19.1. The first-order valence-electron chi connectivity index (χ1n) is 12.5. The summed E-state index contributed by atoms with van der Waals surface area (Å²) in [5.74, 6) is 0.191. The van der Waals surface area contributed by atoms with E-state index in [0.29, 0.717) is 33.4 Å². The smallest absolute Gasteiger partial charge is 0.255 e. The van der Waals surface area contributed by atoms with Gasteiger partial charge in [0.25, 0.3) is 11.8 Å². The molecule has 7 heteroatoms. The van der Waals surface area contributed by atoms with Crippen LogP contribution in [0, 0.1) is 5.82 Å². The van der Waals surface area contributed by atoms with Gasteiger partial charge in [0.2, 0.25) is 0 Å². The minimum absolute atomic E-state index is 0.207. The number of halogens is 1. The predicted octanol–water partition coefficient (Wildman–Crippen LogP) is 6.77. The Bertz CT molecular complexity index is 1670. The van der Waals surface area contributed by atoms with E-state index in [9.17, 15) is 14.0 Å². The Kier molecular flexibility index (Phi) is 7.14. The number of amides is 2. The molecule has 0 bridgehead atoms. The Morgan fingerprint density at radius 1 is 0.846 bits per heavy atom. The van der Waals surface area contributed by atoms with Crippen molar-refractivity contribution in [3.8, 4) is 28.2 Å². The average Bonchev–Trinajstić information content (AvgIpc) is 3.36. The summed E-state index contributed by atoms with van der Waals surface area (Å²) in [5, 5.41) is 6.33. The number of furan rings is 1. The minimum atomic E-state index is -0.375. The van der Waals surface area contributed by atoms with Gasteiger partial charge in [0.05, 0.1) is 18.7 Å². The number of methoxy groups -OCH3 is 1. The van der Waals surface area contributed by atoms with Gasteiger partial charge in [-0.2, -0.15) is 0 Å². The first-order chi connectivity index (χ1) is 18.9. The topological polar surface area (TPSA) is 80.6 Å². The van der Waals surface area contributed by atoms with E-state index < -0.39 is 0 Å². The van der Waals surface area contributed by atoms with Crippen LogP contribution in [0.15, 0.2) is 95.4 Å². The third-order valence-corrected chi connectivity index (χ3v) is 6.65. The van der Waals surface area contributed by atoms with Crippen LogP contribution < -0.4 is 15.4 Å². The van der Waals surface area contributed by atoms with Crippen molar-refractivity contribution in [1.29, 1.82) is 0 Å². The molecule has 0 unspecified atom stereocenters. The van der Waals surface area contributed by atoms with Crippen LogP contribution in [0.1, 0.15) is 39.2 Å². The van der Waals surface area contributed by atoms with Gasteiger partial charge in [-0.05, 0) is 84.3 Å². The molecule has 1 aromatic heterocycles. The molecule has 0 spiro atoms. The van der Waals surface area contributed by atoms with Crippen molar-refractivity contribution in [2.45, 2.75) is 13.0 Å². The molecule has 2 amide bonds. The van der Waals surface area contributed by atoms with Crippen LogP contribution in [0.25, 0.3) is 33.4 Å². The number of hydrogen-bond acceptors (Lipinski definition) is 4. The molecule has 0 aliphatic rings. The highest BCUT2D eigenvalue weighted by Gasteiger charge is 2.22. The molecular weight excluding hydrogens is 495 g/mol. The SMILES string of the molecule is CNC(=O)c1c(-c2ccc(F)cc2)oc2ccc(-c3cccc(C(=O)N[C@@H](C)c4cccc(OC)c4)c3)cc12. The summed E-state index contributed by atoms with van der Waals surface area (Å²) in [4.78, 5) is 26.0. The summed E-state index contributed by atoms with van der Waals surface area (Å²) >= 11 is 0. The second kappa shape index (κ2) is 10.8. The van der Waals surface area contributed by atoms with Crippen molar-refractivity contribution >= 4 is 22.8 Å². The van der Waals surface area contributed by atoms with Crippen LogP contribution in [-0.4, -0.2) is 26.0 Å². The molecule has 5 rings (SSSR count). The Balaban J connectivity index is 1.48. The lowest BCUT2D eigenvalue weighted by atomic mass is 9.98. The van der Waals surface area contributed by atoms with E-state index in [2.05, 4.69) is 10.6 Å². The highest BCUT2D eigenvalue weighted by molar-refractivity contribution is 6.11. The van der Waals surface area contributed by atoms with Gasteiger partial charge >= 0.3 is 0 Å². The third kappa shape index (κ3) is 5.25. The number of hydrogen-bond donors (Lipinski definition) is 2. The molecule has 4 aromatic carbocycles. The standard InChI is InChI=1S/C32H27FN2O4/c1-19(21-6-5-9-26(17-21)38-3)35-31(36)24-8-4-7-22(16-24)23-12-15-28-27(18-23)29(32(37)34-2)30(39-28)20-10-13-25(33)14-11-20/h4-19H,1-3H3,(H,34,37)(H,35,36)/t19-/m0/s1. The molecule has 39 heavy (non-hydrogen) atoms. The maximum Gasteiger partial charge on any atom is 0.255 e. The Hall–Kier alpha value is -4.91. The van der Waals surface area contributed by atoms with E-state index in [1.807, 2.05) is 61.5 Å². The zero-order chi connectivity index (χ0) is 27.5. The number of carbonyl (C=O) groups excluding carboxylic acids is 2. The highest BCUT2D eigenvalue weighted by Crippen LogP contribution is 2.36. The van der Waals surface area contributed by atoms with Crippen molar-refractivity contribution in [2.75, 3.05) is 14.2 Å². The average molecular weight is 523 g/mol. The molecule has 0 radical (unpaired) electrons. The largest absolute Gasteiger partial charge is 0.497 e. The molecule has 0 aliphatic carbocycles. The Morgan fingerprint density at radius 2 is 1.56 bits per heavy atom. The molecule has 1 atom stereocenters. The number of ether oxygens (including phenoxy) is 1. The quantitative estimate of drug-likeness (QED) is 0.247. The normalized spacial score (nSPS) is 11.7. The fourth-order valence-corrected chi connectivity index (χ4v) is 4.55. The van der Waals surface area contributed by atoms with Gasteiger partial charge in [0, 0.05) is 23.6 Å². The molecule has 5 aromatic rings. The van der Waals surface area contributed by atoms with Crippen LogP contribution in [0.2, 0.25) is 0 Å².